The fourth-order valence-electron chi connectivity index (χ4n) is 5.93. The van der Waals surface area contributed by atoms with Gasteiger partial charge in [-0.2, -0.15) is 0 Å². The van der Waals surface area contributed by atoms with Crippen LogP contribution in [0.4, 0.5) is 4.79 Å². The van der Waals surface area contributed by atoms with E-state index in [2.05, 4.69) is 24.4 Å². The van der Waals surface area contributed by atoms with Gasteiger partial charge in [-0.25, -0.2) is 4.79 Å². The molecule has 3 aromatic rings. The second-order valence-corrected chi connectivity index (χ2v) is 11.3. The summed E-state index contributed by atoms with van der Waals surface area (Å²) >= 11 is 6.87. The van der Waals surface area contributed by atoms with Crippen LogP contribution in [0.5, 0.6) is 0 Å². The van der Waals surface area contributed by atoms with Crippen LogP contribution in [0, 0.1) is 5.92 Å². The predicted octanol–water partition coefficient (Wildman–Crippen LogP) is 6.29. The van der Waals surface area contributed by atoms with Crippen LogP contribution >= 0.6 is 11.6 Å². The first-order chi connectivity index (χ1) is 20.3. The normalized spacial score (nSPS) is 16.5. The van der Waals surface area contributed by atoms with Crippen molar-refractivity contribution < 1.29 is 19.4 Å². The minimum absolute atomic E-state index is 0.0587. The molecular formula is C34H42ClN3O4. The van der Waals surface area contributed by atoms with Crippen LogP contribution in [0.15, 0.2) is 66.7 Å². The van der Waals surface area contributed by atoms with E-state index in [9.17, 15) is 14.7 Å². The Hall–Kier alpha value is -3.39. The Labute approximate surface area is 254 Å². The number of ether oxygens (including phenoxy) is 1. The molecule has 1 saturated heterocycles. The molecule has 0 unspecified atom stereocenters. The van der Waals surface area contributed by atoms with E-state index in [1.807, 2.05) is 59.5 Å². The lowest BCUT2D eigenvalue weighted by Gasteiger charge is -2.44. The van der Waals surface area contributed by atoms with Gasteiger partial charge in [-0.1, -0.05) is 67.1 Å². The van der Waals surface area contributed by atoms with Crippen LogP contribution in [0.3, 0.4) is 0 Å². The number of aryl methyl sites for hydroxylation is 1. The lowest BCUT2D eigenvalue weighted by atomic mass is 9.72. The number of amides is 2. The lowest BCUT2D eigenvalue weighted by Crippen LogP contribution is -2.48. The number of hydrogen-bond donors (Lipinski definition) is 3. The number of aliphatic hydroxyl groups is 1. The van der Waals surface area contributed by atoms with Crippen molar-refractivity contribution in [1.82, 2.24) is 10.2 Å². The molecular weight excluding hydrogens is 550 g/mol. The summed E-state index contributed by atoms with van der Waals surface area (Å²) in [5.74, 6) is -0.302. The zero-order valence-corrected chi connectivity index (χ0v) is 25.3. The number of carbonyl (C=O) groups excluding carboxylic acids is 2. The SMILES string of the molecule is CCOC(=O)NCCC[C@@](O)(c1cccc(Cl)c1-c1cccc(CC)c1)[C@@H]1CCCN(C(=O)c2ccc(CN)cc2)C1. The van der Waals surface area contributed by atoms with Gasteiger partial charge < -0.3 is 25.8 Å². The van der Waals surface area contributed by atoms with E-state index in [1.54, 1.807) is 6.92 Å². The highest BCUT2D eigenvalue weighted by Gasteiger charge is 2.43. The Morgan fingerprint density at radius 1 is 1.10 bits per heavy atom. The van der Waals surface area contributed by atoms with E-state index in [4.69, 9.17) is 22.1 Å². The molecule has 2 amide bonds. The summed E-state index contributed by atoms with van der Waals surface area (Å²) in [4.78, 5) is 27.3. The summed E-state index contributed by atoms with van der Waals surface area (Å²) < 4.78 is 5.01. The van der Waals surface area contributed by atoms with Gasteiger partial charge in [0.15, 0.2) is 0 Å². The molecule has 4 rings (SSSR count). The number of nitrogens with zero attached hydrogens (tertiary/aromatic N) is 1. The first kappa shape index (κ1) is 31.5. The van der Waals surface area contributed by atoms with E-state index in [1.165, 1.54) is 5.56 Å². The van der Waals surface area contributed by atoms with E-state index in [0.29, 0.717) is 56.2 Å². The minimum atomic E-state index is -1.30. The van der Waals surface area contributed by atoms with Crippen LogP contribution in [0.1, 0.15) is 66.6 Å². The smallest absolute Gasteiger partial charge is 0.407 e. The number of hydrogen-bond acceptors (Lipinski definition) is 5. The minimum Gasteiger partial charge on any atom is -0.450 e. The van der Waals surface area contributed by atoms with Crippen molar-refractivity contribution in [3.63, 3.8) is 0 Å². The molecule has 0 spiro atoms. The largest absolute Gasteiger partial charge is 0.450 e. The molecule has 1 fully saturated rings. The number of carbonyl (C=O) groups is 2. The molecule has 224 valence electrons. The maximum Gasteiger partial charge on any atom is 0.407 e. The van der Waals surface area contributed by atoms with Gasteiger partial charge in [-0.05, 0) is 79.5 Å². The first-order valence-electron chi connectivity index (χ1n) is 14.9. The Bertz CT molecular complexity index is 1360. The van der Waals surface area contributed by atoms with Crippen molar-refractivity contribution in [1.29, 1.82) is 0 Å². The number of benzene rings is 3. The maximum atomic E-state index is 13.5. The van der Waals surface area contributed by atoms with Gasteiger partial charge in [-0.3, -0.25) is 4.79 Å². The van der Waals surface area contributed by atoms with Gasteiger partial charge in [0.2, 0.25) is 0 Å². The van der Waals surface area contributed by atoms with Gasteiger partial charge >= 0.3 is 6.09 Å². The van der Waals surface area contributed by atoms with E-state index in [0.717, 1.165) is 41.5 Å². The number of halogens is 1. The maximum absolute atomic E-state index is 13.5. The quantitative estimate of drug-likeness (QED) is 0.227. The van der Waals surface area contributed by atoms with Crippen LogP contribution < -0.4 is 11.1 Å². The van der Waals surface area contributed by atoms with Crippen molar-refractivity contribution >= 4 is 23.6 Å². The number of nitrogens with one attached hydrogen (secondary N) is 1. The molecule has 42 heavy (non-hydrogen) atoms. The molecule has 1 aliphatic rings. The fourth-order valence-corrected chi connectivity index (χ4v) is 6.22. The molecule has 0 aromatic heterocycles. The first-order valence-corrected chi connectivity index (χ1v) is 15.3. The average molecular weight is 592 g/mol. The van der Waals surface area contributed by atoms with Gasteiger partial charge in [0.1, 0.15) is 0 Å². The van der Waals surface area contributed by atoms with Crippen molar-refractivity contribution in [2.24, 2.45) is 11.7 Å². The highest BCUT2D eigenvalue weighted by molar-refractivity contribution is 6.33. The standard InChI is InChI=1S/C34H42ClN3O4/c1-3-24-9-5-10-27(21-24)31-29(12-6-13-30(31)35)34(41,18-8-19-37-33(40)42-4-2)28-11-7-20-38(23-28)32(39)26-16-14-25(22-36)15-17-26/h5-6,9-10,12-17,21,28,41H,3-4,7-8,11,18-20,22-23,36H2,1-2H3,(H,37,40)/t28-,34+/m1/s1. The Morgan fingerprint density at radius 3 is 2.57 bits per heavy atom. The van der Waals surface area contributed by atoms with Gasteiger partial charge in [0.25, 0.3) is 5.91 Å². The second-order valence-electron chi connectivity index (χ2n) is 10.9. The molecule has 1 heterocycles. The summed E-state index contributed by atoms with van der Waals surface area (Å²) in [7, 11) is 0. The lowest BCUT2D eigenvalue weighted by molar-refractivity contribution is -0.0563. The van der Waals surface area contributed by atoms with Crippen molar-refractivity contribution in [2.75, 3.05) is 26.2 Å². The monoisotopic (exact) mass is 591 g/mol. The third-order valence-electron chi connectivity index (χ3n) is 8.20. The summed E-state index contributed by atoms with van der Waals surface area (Å²) in [5.41, 5.74) is 9.68. The zero-order chi connectivity index (χ0) is 30.1. The van der Waals surface area contributed by atoms with Crippen LogP contribution in [-0.4, -0.2) is 48.2 Å². The molecule has 0 radical (unpaired) electrons. The molecule has 2 atom stereocenters. The number of piperidine rings is 1. The van der Waals surface area contributed by atoms with Crippen LogP contribution in [0.25, 0.3) is 11.1 Å². The molecule has 0 aliphatic carbocycles. The summed E-state index contributed by atoms with van der Waals surface area (Å²) in [6.07, 6.45) is 2.81. The summed E-state index contributed by atoms with van der Waals surface area (Å²) in [6.45, 7) is 5.95. The molecule has 3 aromatic carbocycles. The van der Waals surface area contributed by atoms with E-state index < -0.39 is 11.7 Å². The van der Waals surface area contributed by atoms with E-state index >= 15 is 0 Å². The van der Waals surface area contributed by atoms with Gasteiger partial charge in [-0.15, -0.1) is 0 Å². The number of alkyl carbamates (subject to hydrolysis) is 1. The van der Waals surface area contributed by atoms with Crippen LogP contribution in [0.2, 0.25) is 5.02 Å². The predicted molar refractivity (Wildman–Crippen MR) is 167 cm³/mol. The second kappa shape index (κ2) is 14.7. The molecule has 0 saturated carbocycles. The number of rotatable bonds is 11. The Balaban J connectivity index is 1.69. The number of nitrogens with two attached hydrogens (primary N) is 1. The van der Waals surface area contributed by atoms with Crippen molar-refractivity contribution in [3.05, 3.63) is 94.0 Å². The van der Waals surface area contributed by atoms with Gasteiger partial charge in [0.05, 0.1) is 12.2 Å². The molecule has 4 N–H and O–H groups in total. The Morgan fingerprint density at radius 2 is 1.86 bits per heavy atom. The molecule has 8 heteroatoms. The highest BCUT2D eigenvalue weighted by atomic mass is 35.5. The molecule has 7 nitrogen and oxygen atoms in total. The van der Waals surface area contributed by atoms with Crippen molar-refractivity contribution in [2.45, 2.75) is 58.1 Å². The average Bonchev–Trinajstić information content (AvgIpc) is 3.02. The topological polar surface area (TPSA) is 105 Å². The fraction of sp³-hybridized carbons (Fsp3) is 0.412. The van der Waals surface area contributed by atoms with E-state index in [-0.39, 0.29) is 11.8 Å². The molecule has 1 aliphatic heterocycles. The highest BCUT2D eigenvalue weighted by Crippen LogP contribution is 2.45. The Kier molecular flexibility index (Phi) is 11.0. The summed E-state index contributed by atoms with van der Waals surface area (Å²) in [5, 5.41) is 16.1. The third-order valence-corrected chi connectivity index (χ3v) is 8.52. The molecule has 0 bridgehead atoms. The zero-order valence-electron chi connectivity index (χ0n) is 24.6. The summed E-state index contributed by atoms with van der Waals surface area (Å²) in [6, 6.07) is 21.3. The third kappa shape index (κ3) is 7.33. The van der Waals surface area contributed by atoms with Gasteiger partial charge in [0, 0.05) is 48.2 Å². The number of likely N-dealkylation sites (tertiary alicyclic amines) is 1. The van der Waals surface area contributed by atoms with Crippen LogP contribution in [-0.2, 0) is 23.3 Å². The van der Waals surface area contributed by atoms with Crippen molar-refractivity contribution in [3.8, 4) is 11.1 Å².